The Morgan fingerprint density at radius 1 is 1.33 bits per heavy atom. The molecule has 2 nitrogen and oxygen atoms in total. The van der Waals surface area contributed by atoms with Crippen LogP contribution in [0.15, 0.2) is 12.1 Å². The van der Waals surface area contributed by atoms with Gasteiger partial charge < -0.3 is 10.3 Å². The summed E-state index contributed by atoms with van der Waals surface area (Å²) in [6.45, 7) is 7.47. The number of fused-ring (bicyclic) bond motifs is 3. The van der Waals surface area contributed by atoms with Gasteiger partial charge in [-0.25, -0.2) is 8.78 Å². The first-order chi connectivity index (χ1) is 9.91. The molecular formula is C17H22F2N2. The maximum Gasteiger partial charge on any atom is 0.150 e. The van der Waals surface area contributed by atoms with Crippen molar-refractivity contribution in [2.45, 2.75) is 46.1 Å². The third kappa shape index (κ3) is 2.57. The number of halogens is 2. The highest BCUT2D eigenvalue weighted by Gasteiger charge is 2.35. The summed E-state index contributed by atoms with van der Waals surface area (Å²) in [5, 5.41) is 4.22. The van der Waals surface area contributed by atoms with Crippen LogP contribution in [0, 0.1) is 17.0 Å². The summed E-state index contributed by atoms with van der Waals surface area (Å²) < 4.78 is 27.6. The third-order valence-corrected chi connectivity index (χ3v) is 4.35. The normalized spacial score (nSPS) is 20.7. The number of H-pyrrole nitrogens is 1. The van der Waals surface area contributed by atoms with Gasteiger partial charge in [0.1, 0.15) is 11.6 Å². The van der Waals surface area contributed by atoms with Gasteiger partial charge in [0.25, 0.3) is 0 Å². The molecule has 1 aliphatic rings. The fourth-order valence-electron chi connectivity index (χ4n) is 3.53. The highest BCUT2D eigenvalue weighted by Crippen LogP contribution is 2.44. The first-order valence-electron chi connectivity index (χ1n) is 7.64. The van der Waals surface area contributed by atoms with Crippen LogP contribution in [0.25, 0.3) is 10.9 Å². The van der Waals surface area contributed by atoms with E-state index in [0.717, 1.165) is 43.1 Å². The Balaban J connectivity index is 2.17. The van der Waals surface area contributed by atoms with E-state index < -0.39 is 11.6 Å². The number of aromatic nitrogens is 1. The molecule has 3 rings (SSSR count). The van der Waals surface area contributed by atoms with Crippen LogP contribution in [-0.4, -0.2) is 11.5 Å². The number of hydrogen-bond donors (Lipinski definition) is 2. The minimum atomic E-state index is -0.513. The van der Waals surface area contributed by atoms with Crippen molar-refractivity contribution in [3.63, 3.8) is 0 Å². The predicted octanol–water partition coefficient (Wildman–Crippen LogP) is 4.46. The quantitative estimate of drug-likeness (QED) is 0.859. The van der Waals surface area contributed by atoms with Crippen LogP contribution in [0.2, 0.25) is 0 Å². The van der Waals surface area contributed by atoms with E-state index in [1.807, 2.05) is 0 Å². The third-order valence-electron chi connectivity index (χ3n) is 4.35. The van der Waals surface area contributed by atoms with E-state index in [2.05, 4.69) is 31.1 Å². The van der Waals surface area contributed by atoms with Crippen molar-refractivity contribution in [3.05, 3.63) is 35.0 Å². The van der Waals surface area contributed by atoms with Gasteiger partial charge in [0.05, 0.1) is 5.52 Å². The highest BCUT2D eigenvalue weighted by atomic mass is 19.1. The molecule has 0 aliphatic heterocycles. The topological polar surface area (TPSA) is 27.8 Å². The molecule has 0 amide bonds. The molecule has 0 radical (unpaired) electrons. The summed E-state index contributed by atoms with van der Waals surface area (Å²) in [5.41, 5.74) is 2.67. The van der Waals surface area contributed by atoms with E-state index in [-0.39, 0.29) is 11.5 Å². The molecule has 2 N–H and O–H groups in total. The Hall–Kier alpha value is -1.42. The van der Waals surface area contributed by atoms with E-state index in [0.29, 0.717) is 10.9 Å². The molecular weight excluding hydrogens is 270 g/mol. The molecule has 0 saturated heterocycles. The second-order valence-corrected chi connectivity index (χ2v) is 6.88. The Morgan fingerprint density at radius 2 is 2.10 bits per heavy atom. The van der Waals surface area contributed by atoms with Crippen molar-refractivity contribution in [1.82, 2.24) is 10.3 Å². The Morgan fingerprint density at radius 3 is 2.81 bits per heavy atom. The molecule has 0 saturated carbocycles. The average molecular weight is 292 g/mol. The summed E-state index contributed by atoms with van der Waals surface area (Å²) >= 11 is 0. The van der Waals surface area contributed by atoms with Gasteiger partial charge >= 0.3 is 0 Å². The van der Waals surface area contributed by atoms with Gasteiger partial charge in [-0.1, -0.05) is 20.8 Å². The second kappa shape index (κ2) is 5.09. The predicted molar refractivity (Wildman–Crippen MR) is 81.4 cm³/mol. The van der Waals surface area contributed by atoms with Gasteiger partial charge in [-0.2, -0.15) is 0 Å². The van der Waals surface area contributed by atoms with Gasteiger partial charge in [0.15, 0.2) is 0 Å². The molecule has 1 aromatic heterocycles. The highest BCUT2D eigenvalue weighted by molar-refractivity contribution is 5.86. The minimum absolute atomic E-state index is 0.147. The molecule has 1 heterocycles. The monoisotopic (exact) mass is 292 g/mol. The van der Waals surface area contributed by atoms with Crippen LogP contribution in [0.4, 0.5) is 8.78 Å². The van der Waals surface area contributed by atoms with Crippen LogP contribution >= 0.6 is 0 Å². The number of hydrogen-bond acceptors (Lipinski definition) is 1. The van der Waals surface area contributed by atoms with Crippen molar-refractivity contribution < 1.29 is 8.78 Å². The zero-order chi connectivity index (χ0) is 15.2. The molecule has 0 bridgehead atoms. The fraction of sp³-hybridized carbons (Fsp3) is 0.529. The van der Waals surface area contributed by atoms with Crippen molar-refractivity contribution in [3.8, 4) is 0 Å². The number of rotatable bonds is 3. The smallest absolute Gasteiger partial charge is 0.150 e. The van der Waals surface area contributed by atoms with Crippen LogP contribution in [-0.2, 0) is 6.42 Å². The van der Waals surface area contributed by atoms with E-state index in [9.17, 15) is 8.78 Å². The maximum atomic E-state index is 14.0. The fourth-order valence-corrected chi connectivity index (χ4v) is 3.53. The summed E-state index contributed by atoms with van der Waals surface area (Å²) in [4.78, 5) is 3.19. The zero-order valence-electron chi connectivity index (χ0n) is 12.8. The lowest BCUT2D eigenvalue weighted by molar-refractivity contribution is 0.257. The van der Waals surface area contributed by atoms with Crippen LogP contribution in [0.3, 0.4) is 0 Å². The molecule has 114 valence electrons. The van der Waals surface area contributed by atoms with Gasteiger partial charge in [-0.3, -0.25) is 0 Å². The molecule has 4 heteroatoms. The van der Waals surface area contributed by atoms with Crippen molar-refractivity contribution in [1.29, 1.82) is 0 Å². The molecule has 21 heavy (non-hydrogen) atoms. The van der Waals surface area contributed by atoms with Gasteiger partial charge in [-0.15, -0.1) is 0 Å². The van der Waals surface area contributed by atoms with Crippen molar-refractivity contribution in [2.75, 3.05) is 6.54 Å². The number of benzene rings is 1. The first-order valence-corrected chi connectivity index (χ1v) is 7.64. The van der Waals surface area contributed by atoms with Crippen LogP contribution < -0.4 is 5.32 Å². The van der Waals surface area contributed by atoms with Gasteiger partial charge in [-0.05, 0) is 42.9 Å². The largest absolute Gasteiger partial charge is 0.356 e. The lowest BCUT2D eigenvalue weighted by Crippen LogP contribution is -2.33. The molecule has 1 aliphatic carbocycles. The molecule has 1 atom stereocenters. The van der Waals surface area contributed by atoms with Crippen molar-refractivity contribution >= 4 is 10.9 Å². The van der Waals surface area contributed by atoms with E-state index >= 15 is 0 Å². The second-order valence-electron chi connectivity index (χ2n) is 6.88. The molecule has 1 aromatic carbocycles. The Labute approximate surface area is 123 Å². The lowest BCUT2D eigenvalue weighted by Gasteiger charge is -2.36. The molecule has 0 fully saturated rings. The summed E-state index contributed by atoms with van der Waals surface area (Å²) in [6.07, 6.45) is 2.88. The Bertz CT molecular complexity index is 673. The average Bonchev–Trinajstić information content (AvgIpc) is 2.73. The standard InChI is InChI=1S/C17H22F2N2/c1-4-5-20-13-8-17(2,3)9-14-15(13)11-6-10(18)7-12(19)16(11)21-14/h6-7,13,20-21H,4-5,8-9H2,1-3H3. The number of nitrogens with one attached hydrogen (secondary N) is 2. The lowest BCUT2D eigenvalue weighted by atomic mass is 9.74. The van der Waals surface area contributed by atoms with E-state index in [1.54, 1.807) is 0 Å². The minimum Gasteiger partial charge on any atom is -0.356 e. The van der Waals surface area contributed by atoms with Crippen molar-refractivity contribution in [2.24, 2.45) is 5.41 Å². The van der Waals surface area contributed by atoms with E-state index in [1.165, 1.54) is 6.07 Å². The van der Waals surface area contributed by atoms with Gasteiger partial charge in [0, 0.05) is 23.2 Å². The first kappa shape index (κ1) is 14.5. The van der Waals surface area contributed by atoms with Gasteiger partial charge in [0.2, 0.25) is 0 Å². The SMILES string of the molecule is CCCNC1CC(C)(C)Cc2[nH]c3c(F)cc(F)cc3c21. The van der Waals surface area contributed by atoms with E-state index in [4.69, 9.17) is 0 Å². The zero-order valence-corrected chi connectivity index (χ0v) is 12.8. The summed E-state index contributed by atoms with van der Waals surface area (Å²) in [5.74, 6) is -1.02. The maximum absolute atomic E-state index is 14.0. The summed E-state index contributed by atoms with van der Waals surface area (Å²) in [6, 6.07) is 2.55. The van der Waals surface area contributed by atoms with Crippen LogP contribution in [0.5, 0.6) is 0 Å². The van der Waals surface area contributed by atoms with Crippen LogP contribution in [0.1, 0.15) is 50.9 Å². The Kier molecular flexibility index (Phi) is 3.52. The molecule has 0 spiro atoms. The molecule has 1 unspecified atom stereocenters. The molecule has 2 aromatic rings. The summed E-state index contributed by atoms with van der Waals surface area (Å²) in [7, 11) is 0. The number of aromatic amines is 1.